The first-order valence-electron chi connectivity index (χ1n) is 13.7. The van der Waals surface area contributed by atoms with Crippen LogP contribution in [0.4, 0.5) is 4.39 Å². The molecular formula is C30H43FO5. The molecule has 36 heavy (non-hydrogen) atoms. The number of allylic oxidation sites excluding steroid dienone is 1. The highest BCUT2D eigenvalue weighted by molar-refractivity contribution is 5.75. The van der Waals surface area contributed by atoms with Crippen LogP contribution in [-0.2, 0) is 19.1 Å². The van der Waals surface area contributed by atoms with Crippen molar-refractivity contribution >= 4 is 11.9 Å². The van der Waals surface area contributed by atoms with Crippen LogP contribution in [0, 0.1) is 29.5 Å². The Morgan fingerprint density at radius 2 is 1.89 bits per heavy atom. The summed E-state index contributed by atoms with van der Waals surface area (Å²) in [4.78, 5) is 26.1. The van der Waals surface area contributed by atoms with Gasteiger partial charge in [0.25, 0.3) is 0 Å². The van der Waals surface area contributed by atoms with Gasteiger partial charge in [-0.15, -0.1) is 0 Å². The Balaban J connectivity index is 1.70. The van der Waals surface area contributed by atoms with E-state index in [0.717, 1.165) is 50.5 Å². The standard InChI is InChI=1S/C30H43FO5/c1-4-6-8-10-26(32)27(11-9-7-5-2)36-28(33)19-24-21-14-17-23(24)29(30(34)35-3)25(18-21)20-12-15-22(31)16-13-20/h6,8,12-13,15-16,21,23-27,29,32H,4-5,7,9-11,14,17-19H2,1-3H3/b8-6-/t21?,23?,24?,25?,26-,27+,29?/m0/s1. The minimum Gasteiger partial charge on any atom is -0.469 e. The number of carbonyl (C=O) groups excluding carboxylic acids is 2. The number of unbranched alkanes of at least 4 members (excludes halogenated alkanes) is 2. The third-order valence-corrected chi connectivity index (χ3v) is 8.24. The maximum absolute atomic E-state index is 13.5. The molecule has 5 unspecified atom stereocenters. The first-order valence-corrected chi connectivity index (χ1v) is 13.7. The van der Waals surface area contributed by atoms with Gasteiger partial charge in [0.05, 0.1) is 19.1 Å². The second-order valence-electron chi connectivity index (χ2n) is 10.5. The number of rotatable bonds is 13. The van der Waals surface area contributed by atoms with Crippen molar-refractivity contribution in [3.63, 3.8) is 0 Å². The summed E-state index contributed by atoms with van der Waals surface area (Å²) < 4.78 is 24.6. The SMILES string of the molecule is CC/C=C\C[C@H](O)[C@@H](CCCCC)OC(=O)CC1C2CCC1C(C(=O)OC)C(c1ccc(F)cc1)C2. The van der Waals surface area contributed by atoms with Crippen LogP contribution in [0.1, 0.15) is 89.5 Å². The molecule has 2 saturated carbocycles. The van der Waals surface area contributed by atoms with E-state index < -0.39 is 12.2 Å². The van der Waals surface area contributed by atoms with Crippen molar-refractivity contribution in [3.8, 4) is 0 Å². The number of fused-ring (bicyclic) bond motifs is 2. The lowest BCUT2D eigenvalue weighted by molar-refractivity contribution is -0.160. The third-order valence-electron chi connectivity index (χ3n) is 8.24. The Labute approximate surface area is 215 Å². The maximum atomic E-state index is 13.5. The monoisotopic (exact) mass is 502 g/mol. The second-order valence-corrected chi connectivity index (χ2v) is 10.5. The number of esters is 2. The molecule has 1 aromatic carbocycles. The molecule has 5 nitrogen and oxygen atoms in total. The average molecular weight is 503 g/mol. The van der Waals surface area contributed by atoms with Crippen LogP contribution in [0.5, 0.6) is 0 Å². The zero-order valence-electron chi connectivity index (χ0n) is 22.0. The molecule has 0 amide bonds. The van der Waals surface area contributed by atoms with Crippen LogP contribution in [-0.4, -0.2) is 36.4 Å². The number of aliphatic hydroxyl groups excluding tert-OH is 1. The van der Waals surface area contributed by atoms with Crippen LogP contribution in [0.2, 0.25) is 0 Å². The van der Waals surface area contributed by atoms with Gasteiger partial charge in [-0.2, -0.15) is 0 Å². The lowest BCUT2D eigenvalue weighted by Gasteiger charge is -2.40. The van der Waals surface area contributed by atoms with Crippen LogP contribution in [0.15, 0.2) is 36.4 Å². The van der Waals surface area contributed by atoms with Crippen molar-refractivity contribution in [1.29, 1.82) is 0 Å². The number of halogens is 1. The number of ether oxygens (including phenoxy) is 2. The van der Waals surface area contributed by atoms with Gasteiger partial charge in [0.2, 0.25) is 0 Å². The van der Waals surface area contributed by atoms with Gasteiger partial charge in [-0.3, -0.25) is 9.59 Å². The topological polar surface area (TPSA) is 72.8 Å². The van der Waals surface area contributed by atoms with Crippen molar-refractivity contribution in [2.75, 3.05) is 7.11 Å². The number of methoxy groups -OCH3 is 1. The number of aliphatic hydroxyl groups is 1. The van der Waals surface area contributed by atoms with Crippen LogP contribution >= 0.6 is 0 Å². The van der Waals surface area contributed by atoms with E-state index in [9.17, 15) is 19.1 Å². The van der Waals surface area contributed by atoms with Crippen LogP contribution in [0.3, 0.4) is 0 Å². The molecule has 0 saturated heterocycles. The summed E-state index contributed by atoms with van der Waals surface area (Å²) in [7, 11) is 1.41. The largest absolute Gasteiger partial charge is 0.469 e. The van der Waals surface area contributed by atoms with Gasteiger partial charge in [-0.05, 0) is 86.3 Å². The maximum Gasteiger partial charge on any atom is 0.309 e. The minimum absolute atomic E-state index is 0.0229. The molecule has 0 heterocycles. The van der Waals surface area contributed by atoms with E-state index in [1.807, 2.05) is 19.1 Å². The molecule has 2 aliphatic carbocycles. The number of hydrogen-bond acceptors (Lipinski definition) is 5. The lowest BCUT2D eigenvalue weighted by Crippen LogP contribution is -2.40. The molecule has 200 valence electrons. The van der Waals surface area contributed by atoms with Gasteiger partial charge >= 0.3 is 11.9 Å². The summed E-state index contributed by atoms with van der Waals surface area (Å²) in [5.74, 6) is -0.882. The minimum atomic E-state index is -0.720. The fourth-order valence-corrected chi connectivity index (χ4v) is 6.43. The number of carbonyl (C=O) groups is 2. The van der Waals surface area contributed by atoms with Gasteiger partial charge in [0.1, 0.15) is 11.9 Å². The smallest absolute Gasteiger partial charge is 0.309 e. The Morgan fingerprint density at radius 1 is 1.14 bits per heavy atom. The molecule has 1 aromatic rings. The van der Waals surface area contributed by atoms with Crippen LogP contribution < -0.4 is 0 Å². The Bertz CT molecular complexity index is 867. The van der Waals surface area contributed by atoms with Crippen molar-refractivity contribution in [2.45, 2.75) is 96.2 Å². The van der Waals surface area contributed by atoms with Gasteiger partial charge in [0.15, 0.2) is 0 Å². The average Bonchev–Trinajstić information content (AvgIpc) is 3.13. The Morgan fingerprint density at radius 3 is 2.56 bits per heavy atom. The summed E-state index contributed by atoms with van der Waals surface area (Å²) in [5.41, 5.74) is 0.948. The molecule has 2 bridgehead atoms. The van der Waals surface area contributed by atoms with E-state index in [1.54, 1.807) is 12.1 Å². The van der Waals surface area contributed by atoms with Crippen LogP contribution in [0.25, 0.3) is 0 Å². The fraction of sp³-hybridized carbons (Fsp3) is 0.667. The molecule has 1 N–H and O–H groups in total. The normalized spacial score (nSPS) is 27.1. The summed E-state index contributed by atoms with van der Waals surface area (Å²) in [6.45, 7) is 4.17. The molecule has 7 atom stereocenters. The van der Waals surface area contributed by atoms with E-state index in [1.165, 1.54) is 19.2 Å². The second kappa shape index (κ2) is 13.9. The third kappa shape index (κ3) is 7.18. The molecule has 6 heteroatoms. The van der Waals surface area contributed by atoms with Crippen molar-refractivity contribution < 1.29 is 28.6 Å². The highest BCUT2D eigenvalue weighted by Gasteiger charge is 2.52. The van der Waals surface area contributed by atoms with E-state index in [2.05, 4.69) is 6.92 Å². The summed E-state index contributed by atoms with van der Waals surface area (Å²) in [5, 5.41) is 10.7. The zero-order chi connectivity index (χ0) is 26.1. The first kappa shape index (κ1) is 28.4. The van der Waals surface area contributed by atoms with Crippen molar-refractivity contribution in [3.05, 3.63) is 47.8 Å². The van der Waals surface area contributed by atoms with E-state index in [4.69, 9.17) is 9.47 Å². The van der Waals surface area contributed by atoms with Gasteiger partial charge in [-0.25, -0.2) is 4.39 Å². The van der Waals surface area contributed by atoms with Gasteiger partial charge < -0.3 is 14.6 Å². The highest BCUT2D eigenvalue weighted by atomic mass is 19.1. The predicted molar refractivity (Wildman–Crippen MR) is 138 cm³/mol. The van der Waals surface area contributed by atoms with Gasteiger partial charge in [0, 0.05) is 6.42 Å². The number of hydrogen-bond donors (Lipinski definition) is 1. The van der Waals surface area contributed by atoms with E-state index >= 15 is 0 Å². The van der Waals surface area contributed by atoms with Gasteiger partial charge in [-0.1, -0.05) is 51.0 Å². The summed E-state index contributed by atoms with van der Waals surface area (Å²) >= 11 is 0. The first-order chi connectivity index (χ1) is 17.4. The predicted octanol–water partition coefficient (Wildman–Crippen LogP) is 6.34. The molecule has 0 aromatic heterocycles. The summed E-state index contributed by atoms with van der Waals surface area (Å²) in [6.07, 6.45) is 10.6. The molecular weight excluding hydrogens is 459 g/mol. The number of benzene rings is 1. The molecule has 0 spiro atoms. The van der Waals surface area contributed by atoms with E-state index in [-0.39, 0.29) is 47.8 Å². The van der Waals surface area contributed by atoms with Crippen molar-refractivity contribution in [2.24, 2.45) is 23.7 Å². The molecule has 0 aliphatic heterocycles. The lowest BCUT2D eigenvalue weighted by atomic mass is 9.63. The molecule has 0 radical (unpaired) electrons. The van der Waals surface area contributed by atoms with Crippen molar-refractivity contribution in [1.82, 2.24) is 0 Å². The Hall–Kier alpha value is -2.21. The molecule has 2 fully saturated rings. The quantitative estimate of drug-likeness (QED) is 0.193. The molecule has 3 rings (SSSR count). The summed E-state index contributed by atoms with van der Waals surface area (Å²) in [6, 6.07) is 6.40. The Kier molecular flexibility index (Phi) is 11.0. The molecule has 2 aliphatic rings. The highest BCUT2D eigenvalue weighted by Crippen LogP contribution is 2.56. The van der Waals surface area contributed by atoms with E-state index in [0.29, 0.717) is 18.8 Å². The fourth-order valence-electron chi connectivity index (χ4n) is 6.43. The zero-order valence-corrected chi connectivity index (χ0v) is 22.0.